The molecule has 0 aliphatic rings. The van der Waals surface area contributed by atoms with Crippen molar-refractivity contribution in [2.75, 3.05) is 6.54 Å². The van der Waals surface area contributed by atoms with Crippen LogP contribution in [0.15, 0.2) is 33.3 Å². The molecule has 0 bridgehead atoms. The van der Waals surface area contributed by atoms with Gasteiger partial charge in [0.25, 0.3) is 0 Å². The first kappa shape index (κ1) is 17.0. The van der Waals surface area contributed by atoms with Crippen LogP contribution in [0.5, 0.6) is 0 Å². The van der Waals surface area contributed by atoms with Gasteiger partial charge in [0.05, 0.1) is 22.4 Å². The van der Waals surface area contributed by atoms with Crippen molar-refractivity contribution < 1.29 is 0 Å². The van der Waals surface area contributed by atoms with E-state index in [4.69, 9.17) is 11.6 Å². The van der Waals surface area contributed by atoms with Crippen LogP contribution in [0.2, 0.25) is 5.02 Å². The zero-order chi connectivity index (χ0) is 15.4. The van der Waals surface area contributed by atoms with Crippen LogP contribution in [-0.2, 0) is 6.54 Å². The molecule has 2 aromatic rings. The van der Waals surface area contributed by atoms with Gasteiger partial charge in [0.15, 0.2) is 0 Å². The smallest absolute Gasteiger partial charge is 0.0770 e. The average molecular weight is 436 g/mol. The van der Waals surface area contributed by atoms with Crippen LogP contribution in [0.25, 0.3) is 0 Å². The van der Waals surface area contributed by atoms with Gasteiger partial charge < -0.3 is 5.32 Å². The molecule has 0 aliphatic carbocycles. The van der Waals surface area contributed by atoms with E-state index in [1.165, 1.54) is 0 Å². The van der Waals surface area contributed by atoms with Gasteiger partial charge in [-0.1, -0.05) is 47.4 Å². The molecule has 1 unspecified atom stereocenters. The van der Waals surface area contributed by atoms with E-state index in [-0.39, 0.29) is 6.04 Å². The number of hydrogen-bond donors (Lipinski definition) is 1. The number of hydrogen-bond acceptors (Lipinski definition) is 2. The van der Waals surface area contributed by atoms with Gasteiger partial charge >= 0.3 is 0 Å². The first-order valence-electron chi connectivity index (χ1n) is 6.98. The van der Waals surface area contributed by atoms with Crippen molar-refractivity contribution in [1.82, 2.24) is 15.1 Å². The maximum Gasteiger partial charge on any atom is 0.0770 e. The highest BCUT2D eigenvalue weighted by Crippen LogP contribution is 2.34. The predicted molar refractivity (Wildman–Crippen MR) is 94.9 cm³/mol. The summed E-state index contributed by atoms with van der Waals surface area (Å²) in [6.45, 7) is 6.02. The highest BCUT2D eigenvalue weighted by molar-refractivity contribution is 9.10. The van der Waals surface area contributed by atoms with E-state index in [1.807, 2.05) is 18.3 Å². The quantitative estimate of drug-likeness (QED) is 0.678. The van der Waals surface area contributed by atoms with E-state index in [0.29, 0.717) is 0 Å². The number of benzene rings is 1. The van der Waals surface area contributed by atoms with E-state index in [2.05, 4.69) is 66.9 Å². The number of aryl methyl sites for hydroxylation is 1. The summed E-state index contributed by atoms with van der Waals surface area (Å²) in [4.78, 5) is 0. The molecule has 2 rings (SSSR count). The summed E-state index contributed by atoms with van der Waals surface area (Å²) < 4.78 is 4.07. The largest absolute Gasteiger partial charge is 0.305 e. The minimum atomic E-state index is 0.0602. The fourth-order valence-corrected chi connectivity index (χ4v) is 3.78. The molecule has 114 valence electrons. The van der Waals surface area contributed by atoms with Crippen LogP contribution in [0, 0.1) is 0 Å². The highest BCUT2D eigenvalue weighted by Gasteiger charge is 2.23. The molecule has 0 spiro atoms. The lowest BCUT2D eigenvalue weighted by molar-refractivity contribution is 0.518. The molecular weight excluding hydrogens is 417 g/mol. The minimum Gasteiger partial charge on any atom is -0.305 e. The molecule has 1 atom stereocenters. The van der Waals surface area contributed by atoms with E-state index in [1.54, 1.807) is 0 Å². The molecule has 1 N–H and O–H groups in total. The molecule has 0 radical (unpaired) electrons. The van der Waals surface area contributed by atoms with E-state index >= 15 is 0 Å². The Labute approximate surface area is 147 Å². The SMILES string of the molecule is CCCn1ncc(Br)c1C(NCC)c1ccc(Cl)cc1Br. The zero-order valence-electron chi connectivity index (χ0n) is 12.0. The third kappa shape index (κ3) is 3.89. The maximum absolute atomic E-state index is 6.06. The van der Waals surface area contributed by atoms with Crippen LogP contribution in [0.1, 0.15) is 37.6 Å². The van der Waals surface area contributed by atoms with Crippen LogP contribution in [0.3, 0.4) is 0 Å². The summed E-state index contributed by atoms with van der Waals surface area (Å²) in [5.41, 5.74) is 2.29. The van der Waals surface area contributed by atoms with Crippen molar-refractivity contribution in [2.45, 2.75) is 32.9 Å². The fourth-order valence-electron chi connectivity index (χ4n) is 2.34. The van der Waals surface area contributed by atoms with Crippen molar-refractivity contribution in [3.8, 4) is 0 Å². The van der Waals surface area contributed by atoms with Gasteiger partial charge in [-0.3, -0.25) is 4.68 Å². The van der Waals surface area contributed by atoms with Crippen molar-refractivity contribution in [3.63, 3.8) is 0 Å². The van der Waals surface area contributed by atoms with Crippen molar-refractivity contribution in [1.29, 1.82) is 0 Å². The second-order valence-corrected chi connectivity index (χ2v) is 6.90. The first-order valence-corrected chi connectivity index (χ1v) is 8.94. The number of nitrogens with zero attached hydrogens (tertiary/aromatic N) is 2. The van der Waals surface area contributed by atoms with Gasteiger partial charge in [-0.05, 0) is 46.6 Å². The molecule has 0 aliphatic heterocycles. The maximum atomic E-state index is 6.06. The number of aromatic nitrogens is 2. The molecule has 0 saturated carbocycles. The minimum absolute atomic E-state index is 0.0602. The molecule has 0 saturated heterocycles. The molecule has 0 fully saturated rings. The van der Waals surface area contributed by atoms with Gasteiger partial charge in [-0.25, -0.2) is 0 Å². The number of halogens is 3. The van der Waals surface area contributed by atoms with Gasteiger partial charge in [-0.2, -0.15) is 5.10 Å². The second-order valence-electron chi connectivity index (χ2n) is 4.76. The standard InChI is InChI=1S/C15H18Br2ClN3/c1-3-7-21-15(13(17)9-20-21)14(19-4-2)11-6-5-10(18)8-12(11)16/h5-6,8-9,14,19H,3-4,7H2,1-2H3. The Morgan fingerprint density at radius 1 is 1.29 bits per heavy atom. The van der Waals surface area contributed by atoms with E-state index in [9.17, 15) is 0 Å². The van der Waals surface area contributed by atoms with Crippen LogP contribution >= 0.6 is 43.5 Å². The molecule has 3 nitrogen and oxygen atoms in total. The van der Waals surface area contributed by atoms with Gasteiger partial charge in [0, 0.05) is 16.0 Å². The highest BCUT2D eigenvalue weighted by atomic mass is 79.9. The molecule has 21 heavy (non-hydrogen) atoms. The second kappa shape index (κ2) is 7.77. The molecule has 6 heteroatoms. The number of nitrogens with one attached hydrogen (secondary N) is 1. The van der Waals surface area contributed by atoms with Crippen LogP contribution < -0.4 is 5.32 Å². The molecule has 1 heterocycles. The lowest BCUT2D eigenvalue weighted by Crippen LogP contribution is -2.25. The lowest BCUT2D eigenvalue weighted by Gasteiger charge is -2.22. The van der Waals surface area contributed by atoms with Crippen LogP contribution in [-0.4, -0.2) is 16.3 Å². The summed E-state index contributed by atoms with van der Waals surface area (Å²) in [6, 6.07) is 5.95. The van der Waals surface area contributed by atoms with Gasteiger partial charge in [-0.15, -0.1) is 0 Å². The molecular formula is C15H18Br2ClN3. The molecule has 1 aromatic heterocycles. The Morgan fingerprint density at radius 2 is 2.05 bits per heavy atom. The predicted octanol–water partition coefficient (Wildman–Crippen LogP) is 5.17. The Kier molecular flexibility index (Phi) is 6.29. The Hall–Kier alpha value is -0.360. The first-order chi connectivity index (χ1) is 10.1. The van der Waals surface area contributed by atoms with Crippen molar-refractivity contribution in [3.05, 3.63) is 49.6 Å². The normalized spacial score (nSPS) is 12.6. The van der Waals surface area contributed by atoms with Crippen molar-refractivity contribution in [2.24, 2.45) is 0 Å². The van der Waals surface area contributed by atoms with Gasteiger partial charge in [0.2, 0.25) is 0 Å². The summed E-state index contributed by atoms with van der Waals surface area (Å²) in [5, 5.41) is 8.73. The van der Waals surface area contributed by atoms with Crippen molar-refractivity contribution >= 4 is 43.5 Å². The molecule has 1 aromatic carbocycles. The fraction of sp³-hybridized carbons (Fsp3) is 0.400. The lowest BCUT2D eigenvalue weighted by atomic mass is 10.0. The zero-order valence-corrected chi connectivity index (χ0v) is 16.0. The Morgan fingerprint density at radius 3 is 2.67 bits per heavy atom. The van der Waals surface area contributed by atoms with E-state index < -0.39 is 0 Å². The third-order valence-corrected chi connectivity index (χ3v) is 4.76. The monoisotopic (exact) mass is 433 g/mol. The summed E-state index contributed by atoms with van der Waals surface area (Å²) in [5.74, 6) is 0. The third-order valence-electron chi connectivity index (χ3n) is 3.22. The van der Waals surface area contributed by atoms with Crippen LogP contribution in [0.4, 0.5) is 0 Å². The topological polar surface area (TPSA) is 29.9 Å². The number of rotatable bonds is 6. The molecule has 0 amide bonds. The Balaban J connectivity index is 2.50. The summed E-state index contributed by atoms with van der Waals surface area (Å²) in [6.07, 6.45) is 2.90. The summed E-state index contributed by atoms with van der Waals surface area (Å²) in [7, 11) is 0. The van der Waals surface area contributed by atoms with Gasteiger partial charge in [0.1, 0.15) is 0 Å². The van der Waals surface area contributed by atoms with E-state index in [0.717, 1.165) is 44.7 Å². The Bertz CT molecular complexity index is 613. The summed E-state index contributed by atoms with van der Waals surface area (Å²) >= 11 is 13.3. The average Bonchev–Trinajstić information content (AvgIpc) is 2.79.